The quantitative estimate of drug-likeness (QED) is 0.719. The number of benzene rings is 2. The summed E-state index contributed by atoms with van der Waals surface area (Å²) >= 11 is 0. The summed E-state index contributed by atoms with van der Waals surface area (Å²) in [5, 5.41) is 8.29. The first kappa shape index (κ1) is 16.7. The van der Waals surface area contributed by atoms with Gasteiger partial charge in [-0.2, -0.15) is 5.10 Å². The Labute approximate surface area is 162 Å². The van der Waals surface area contributed by atoms with Crippen molar-refractivity contribution in [3.8, 4) is 11.1 Å². The second-order valence-corrected chi connectivity index (χ2v) is 7.50. The lowest BCUT2D eigenvalue weighted by Crippen LogP contribution is -2.60. The summed E-state index contributed by atoms with van der Waals surface area (Å²) in [4.78, 5) is 28.3. The van der Waals surface area contributed by atoms with Gasteiger partial charge < -0.3 is 9.80 Å². The van der Waals surface area contributed by atoms with Gasteiger partial charge >= 0.3 is 0 Å². The highest BCUT2D eigenvalue weighted by Crippen LogP contribution is 2.35. The zero-order valence-corrected chi connectivity index (χ0v) is 15.6. The molecule has 1 saturated heterocycles. The SMILES string of the molecule is C=CC(=O)N1CC(N2Cc3ccc(-c4c(C)ccc5cn[nH]c45)cc3C2=O)C1. The molecule has 1 N–H and O–H groups in total. The van der Waals surface area contributed by atoms with Crippen molar-refractivity contribution in [2.45, 2.75) is 19.5 Å². The summed E-state index contributed by atoms with van der Waals surface area (Å²) < 4.78 is 0. The molecule has 0 aliphatic carbocycles. The van der Waals surface area contributed by atoms with E-state index in [0.717, 1.165) is 38.7 Å². The number of hydrogen-bond donors (Lipinski definition) is 1. The van der Waals surface area contributed by atoms with E-state index in [-0.39, 0.29) is 17.9 Å². The average molecular weight is 372 g/mol. The molecule has 140 valence electrons. The molecule has 2 aliphatic rings. The van der Waals surface area contributed by atoms with Gasteiger partial charge in [0.15, 0.2) is 0 Å². The number of rotatable bonds is 3. The van der Waals surface area contributed by atoms with Gasteiger partial charge in [-0.15, -0.1) is 0 Å². The van der Waals surface area contributed by atoms with Crippen LogP contribution in [0, 0.1) is 6.92 Å². The lowest BCUT2D eigenvalue weighted by atomic mass is 9.95. The molecule has 2 aliphatic heterocycles. The molecule has 28 heavy (non-hydrogen) atoms. The molecule has 0 unspecified atom stereocenters. The van der Waals surface area contributed by atoms with E-state index in [2.05, 4.69) is 35.8 Å². The fourth-order valence-corrected chi connectivity index (χ4v) is 4.22. The highest BCUT2D eigenvalue weighted by atomic mass is 16.2. The normalized spacial score (nSPS) is 16.4. The molecule has 0 radical (unpaired) electrons. The van der Waals surface area contributed by atoms with Crippen LogP contribution in [0.25, 0.3) is 22.0 Å². The second kappa shape index (κ2) is 6.05. The van der Waals surface area contributed by atoms with E-state index in [1.54, 1.807) is 4.90 Å². The van der Waals surface area contributed by atoms with Crippen molar-refractivity contribution in [1.29, 1.82) is 0 Å². The molecule has 2 amide bonds. The van der Waals surface area contributed by atoms with Crippen LogP contribution >= 0.6 is 0 Å². The Morgan fingerprint density at radius 3 is 2.89 bits per heavy atom. The molecule has 5 rings (SSSR count). The molecular weight excluding hydrogens is 352 g/mol. The van der Waals surface area contributed by atoms with Crippen LogP contribution in [0.3, 0.4) is 0 Å². The van der Waals surface area contributed by atoms with Crippen LogP contribution in [-0.2, 0) is 11.3 Å². The van der Waals surface area contributed by atoms with Crippen molar-refractivity contribution in [3.05, 3.63) is 65.9 Å². The molecule has 0 bridgehead atoms. The highest BCUT2D eigenvalue weighted by molar-refractivity contribution is 6.02. The molecule has 0 saturated carbocycles. The molecule has 1 fully saturated rings. The van der Waals surface area contributed by atoms with Crippen LogP contribution in [0.15, 0.2) is 49.2 Å². The van der Waals surface area contributed by atoms with Gasteiger partial charge in [0.1, 0.15) is 0 Å². The van der Waals surface area contributed by atoms with Crippen molar-refractivity contribution in [2.75, 3.05) is 13.1 Å². The number of hydrogen-bond acceptors (Lipinski definition) is 3. The predicted octanol–water partition coefficient (Wildman–Crippen LogP) is 2.89. The number of amides is 2. The number of aryl methyl sites for hydroxylation is 1. The van der Waals surface area contributed by atoms with E-state index >= 15 is 0 Å². The van der Waals surface area contributed by atoms with E-state index in [9.17, 15) is 9.59 Å². The van der Waals surface area contributed by atoms with Gasteiger partial charge in [-0.25, -0.2) is 0 Å². The third-order valence-electron chi connectivity index (χ3n) is 5.85. The van der Waals surface area contributed by atoms with Crippen molar-refractivity contribution >= 4 is 22.7 Å². The molecule has 0 spiro atoms. The monoisotopic (exact) mass is 372 g/mol. The van der Waals surface area contributed by atoms with Gasteiger partial charge in [-0.3, -0.25) is 14.7 Å². The molecule has 3 aromatic rings. The summed E-state index contributed by atoms with van der Waals surface area (Å²) in [5.74, 6) is -0.0344. The first-order valence-electron chi connectivity index (χ1n) is 9.35. The molecular formula is C22H20N4O2. The van der Waals surface area contributed by atoms with Crippen molar-refractivity contribution in [1.82, 2.24) is 20.0 Å². The van der Waals surface area contributed by atoms with Crippen LogP contribution in [0.4, 0.5) is 0 Å². The first-order valence-corrected chi connectivity index (χ1v) is 9.35. The summed E-state index contributed by atoms with van der Waals surface area (Å²) in [7, 11) is 0. The Morgan fingerprint density at radius 2 is 2.11 bits per heavy atom. The maximum absolute atomic E-state index is 13.0. The number of fused-ring (bicyclic) bond motifs is 2. The minimum Gasteiger partial charge on any atom is -0.335 e. The van der Waals surface area contributed by atoms with Crippen LogP contribution < -0.4 is 0 Å². The Bertz CT molecular complexity index is 1140. The van der Waals surface area contributed by atoms with Crippen LogP contribution in [0.1, 0.15) is 21.5 Å². The Morgan fingerprint density at radius 1 is 1.29 bits per heavy atom. The van der Waals surface area contributed by atoms with Gasteiger partial charge in [-0.05, 0) is 35.8 Å². The number of H-pyrrole nitrogens is 1. The standard InChI is InChI=1S/C22H20N4O2/c1-3-19(27)25-11-17(12-25)26-10-16-7-6-14(8-18(16)22(26)28)20-13(2)4-5-15-9-23-24-21(15)20/h3-9,17H,1,10-12H2,2H3,(H,23,24). The molecule has 2 aromatic carbocycles. The summed E-state index contributed by atoms with van der Waals surface area (Å²) in [6.07, 6.45) is 3.13. The van der Waals surface area contributed by atoms with Gasteiger partial charge in [-0.1, -0.05) is 30.8 Å². The number of nitrogens with one attached hydrogen (secondary N) is 1. The van der Waals surface area contributed by atoms with Crippen molar-refractivity contribution in [3.63, 3.8) is 0 Å². The molecule has 1 aromatic heterocycles. The Balaban J connectivity index is 1.46. The van der Waals surface area contributed by atoms with Gasteiger partial charge in [0.05, 0.1) is 17.8 Å². The third kappa shape index (κ3) is 2.37. The summed E-state index contributed by atoms with van der Waals surface area (Å²) in [6, 6.07) is 10.3. The summed E-state index contributed by atoms with van der Waals surface area (Å²) in [5.41, 5.74) is 6.00. The van der Waals surface area contributed by atoms with E-state index in [4.69, 9.17) is 0 Å². The van der Waals surface area contributed by atoms with E-state index in [1.807, 2.05) is 29.3 Å². The Hall–Kier alpha value is -3.41. The maximum atomic E-state index is 13.0. The van der Waals surface area contributed by atoms with Crippen molar-refractivity contribution < 1.29 is 9.59 Å². The molecule has 6 heteroatoms. The molecule has 0 atom stereocenters. The second-order valence-electron chi connectivity index (χ2n) is 7.50. The maximum Gasteiger partial charge on any atom is 0.254 e. The third-order valence-corrected chi connectivity index (χ3v) is 5.85. The highest BCUT2D eigenvalue weighted by Gasteiger charge is 2.40. The lowest BCUT2D eigenvalue weighted by molar-refractivity contribution is -0.132. The number of aromatic nitrogens is 2. The van der Waals surface area contributed by atoms with Gasteiger partial charge in [0.2, 0.25) is 5.91 Å². The lowest BCUT2D eigenvalue weighted by Gasteiger charge is -2.43. The first-order chi connectivity index (χ1) is 13.6. The average Bonchev–Trinajstić information content (AvgIpc) is 3.25. The van der Waals surface area contributed by atoms with E-state index in [0.29, 0.717) is 19.6 Å². The topological polar surface area (TPSA) is 69.3 Å². The number of aromatic amines is 1. The number of carbonyl (C=O) groups excluding carboxylic acids is 2. The zero-order chi connectivity index (χ0) is 19.4. The largest absolute Gasteiger partial charge is 0.335 e. The predicted molar refractivity (Wildman–Crippen MR) is 107 cm³/mol. The number of nitrogens with zero attached hydrogens (tertiary/aromatic N) is 3. The Kier molecular flexibility index (Phi) is 3.62. The van der Waals surface area contributed by atoms with E-state index < -0.39 is 0 Å². The number of likely N-dealkylation sites (tertiary alicyclic amines) is 1. The van der Waals surface area contributed by atoms with Crippen LogP contribution in [0.5, 0.6) is 0 Å². The molecule has 3 heterocycles. The van der Waals surface area contributed by atoms with Crippen LogP contribution in [-0.4, -0.2) is 50.9 Å². The fourth-order valence-electron chi connectivity index (χ4n) is 4.22. The van der Waals surface area contributed by atoms with Gasteiger partial charge in [0, 0.05) is 36.1 Å². The minimum atomic E-state index is -0.0779. The number of carbonyl (C=O) groups is 2. The summed E-state index contributed by atoms with van der Waals surface area (Å²) in [6.45, 7) is 7.33. The zero-order valence-electron chi connectivity index (χ0n) is 15.6. The van der Waals surface area contributed by atoms with E-state index in [1.165, 1.54) is 6.08 Å². The van der Waals surface area contributed by atoms with Crippen LogP contribution in [0.2, 0.25) is 0 Å². The van der Waals surface area contributed by atoms with Gasteiger partial charge in [0.25, 0.3) is 5.91 Å². The fraction of sp³-hybridized carbons (Fsp3) is 0.227. The minimum absolute atomic E-state index is 0.0435. The smallest absolute Gasteiger partial charge is 0.254 e. The molecule has 6 nitrogen and oxygen atoms in total. The van der Waals surface area contributed by atoms with Crippen molar-refractivity contribution in [2.24, 2.45) is 0 Å².